The second kappa shape index (κ2) is 7.56. The molecule has 0 aliphatic rings. The Hall–Kier alpha value is -0.710. The van der Waals surface area contributed by atoms with Crippen LogP contribution in [0.25, 0.3) is 0 Å². The van der Waals surface area contributed by atoms with E-state index in [2.05, 4.69) is 0 Å². The fraction of sp³-hybridized carbons (Fsp3) is 0.300. The van der Waals surface area contributed by atoms with Crippen LogP contribution >= 0.6 is 24.2 Å². The zero-order chi connectivity index (χ0) is 10.4. The number of amides is 1. The van der Waals surface area contributed by atoms with Crippen LogP contribution in [0.3, 0.4) is 0 Å². The molecule has 1 rings (SSSR count). The van der Waals surface area contributed by atoms with Crippen LogP contribution in [0.1, 0.15) is 5.56 Å². The van der Waals surface area contributed by atoms with E-state index in [1.807, 2.05) is 30.3 Å². The van der Waals surface area contributed by atoms with Gasteiger partial charge >= 0.3 is 0 Å². The van der Waals surface area contributed by atoms with Gasteiger partial charge in [-0.3, -0.25) is 4.79 Å². The summed E-state index contributed by atoms with van der Waals surface area (Å²) in [6.07, 6.45) is 0.779. The van der Waals surface area contributed by atoms with Crippen molar-refractivity contribution in [1.82, 2.24) is 0 Å². The van der Waals surface area contributed by atoms with Gasteiger partial charge in [-0.1, -0.05) is 42.1 Å². The van der Waals surface area contributed by atoms with Crippen LogP contribution in [0.4, 0.5) is 4.79 Å². The molecule has 1 aromatic rings. The first-order valence-corrected chi connectivity index (χ1v) is 5.39. The van der Waals surface area contributed by atoms with Gasteiger partial charge in [-0.05, 0) is 12.0 Å². The molecule has 1 unspecified atom stereocenters. The maximum atomic E-state index is 10.5. The number of nitrogens with two attached hydrogens (primary N) is 2. The van der Waals surface area contributed by atoms with Gasteiger partial charge in [-0.15, -0.1) is 12.4 Å². The third-order valence-electron chi connectivity index (χ3n) is 1.78. The first-order valence-electron chi connectivity index (χ1n) is 4.40. The molecule has 0 saturated carbocycles. The summed E-state index contributed by atoms with van der Waals surface area (Å²) in [5.74, 6) is 0.574. The minimum atomic E-state index is -0.367. The molecule has 0 saturated heterocycles. The number of hydrogen-bond acceptors (Lipinski definition) is 3. The van der Waals surface area contributed by atoms with Crippen LogP contribution in [0.15, 0.2) is 30.3 Å². The lowest BCUT2D eigenvalue weighted by atomic mass is 10.1. The SMILES string of the molecule is Cl.NC(=O)SCC(N)Cc1ccccc1. The predicted molar refractivity (Wildman–Crippen MR) is 67.4 cm³/mol. The number of benzene rings is 1. The summed E-state index contributed by atoms with van der Waals surface area (Å²) >= 11 is 1.07. The Morgan fingerprint density at radius 1 is 1.33 bits per heavy atom. The van der Waals surface area contributed by atoms with Crippen LogP contribution in [-0.4, -0.2) is 17.0 Å². The zero-order valence-electron chi connectivity index (χ0n) is 8.26. The molecule has 1 amide bonds. The van der Waals surface area contributed by atoms with Gasteiger partial charge < -0.3 is 11.5 Å². The number of rotatable bonds is 4. The Bertz CT molecular complexity index is 295. The minimum Gasteiger partial charge on any atom is -0.361 e. The first-order chi connectivity index (χ1) is 6.68. The van der Waals surface area contributed by atoms with Crippen molar-refractivity contribution in [1.29, 1.82) is 0 Å². The molecule has 0 bridgehead atoms. The Labute approximate surface area is 100 Å². The van der Waals surface area contributed by atoms with E-state index >= 15 is 0 Å². The number of carbonyl (C=O) groups is 1. The molecule has 0 aliphatic heterocycles. The Balaban J connectivity index is 0.00000196. The van der Waals surface area contributed by atoms with Crippen molar-refractivity contribution in [3.8, 4) is 0 Å². The van der Waals surface area contributed by atoms with Gasteiger partial charge in [0.25, 0.3) is 5.24 Å². The van der Waals surface area contributed by atoms with Crippen LogP contribution in [0, 0.1) is 0 Å². The summed E-state index contributed by atoms with van der Waals surface area (Å²) in [5.41, 5.74) is 12.0. The lowest BCUT2D eigenvalue weighted by molar-refractivity contribution is 0.267. The first kappa shape index (κ1) is 14.3. The zero-order valence-corrected chi connectivity index (χ0v) is 9.89. The van der Waals surface area contributed by atoms with Crippen LogP contribution < -0.4 is 11.5 Å². The predicted octanol–water partition coefficient (Wildman–Crippen LogP) is 1.79. The lowest BCUT2D eigenvalue weighted by Crippen LogP contribution is -2.26. The fourth-order valence-electron chi connectivity index (χ4n) is 1.16. The molecule has 15 heavy (non-hydrogen) atoms. The largest absolute Gasteiger partial charge is 0.361 e. The molecule has 0 aromatic heterocycles. The number of hydrogen-bond donors (Lipinski definition) is 2. The molecule has 1 atom stereocenters. The van der Waals surface area contributed by atoms with Crippen molar-refractivity contribution in [3.63, 3.8) is 0 Å². The van der Waals surface area contributed by atoms with E-state index in [9.17, 15) is 4.79 Å². The number of primary amides is 1. The third kappa shape index (κ3) is 6.38. The minimum absolute atomic E-state index is 0. The highest BCUT2D eigenvalue weighted by molar-refractivity contribution is 8.13. The maximum absolute atomic E-state index is 10.5. The summed E-state index contributed by atoms with van der Waals surface area (Å²) in [6.45, 7) is 0. The number of thioether (sulfide) groups is 1. The van der Waals surface area contributed by atoms with E-state index in [-0.39, 0.29) is 23.7 Å². The molecular formula is C10H15ClN2OS. The summed E-state index contributed by atoms with van der Waals surface area (Å²) in [7, 11) is 0. The molecule has 0 heterocycles. The van der Waals surface area contributed by atoms with Gasteiger partial charge in [0.1, 0.15) is 0 Å². The Morgan fingerprint density at radius 3 is 2.47 bits per heavy atom. The topological polar surface area (TPSA) is 69.1 Å². The smallest absolute Gasteiger partial charge is 0.276 e. The van der Waals surface area contributed by atoms with Crippen LogP contribution in [0.2, 0.25) is 0 Å². The second-order valence-electron chi connectivity index (χ2n) is 3.08. The normalized spacial score (nSPS) is 11.5. The lowest BCUT2D eigenvalue weighted by Gasteiger charge is -2.09. The highest BCUT2D eigenvalue weighted by atomic mass is 35.5. The molecule has 0 spiro atoms. The van der Waals surface area contributed by atoms with E-state index in [0.717, 1.165) is 18.2 Å². The fourth-order valence-corrected chi connectivity index (χ4v) is 1.66. The molecule has 4 N–H and O–H groups in total. The summed E-state index contributed by atoms with van der Waals surface area (Å²) in [5, 5.41) is -0.367. The summed E-state index contributed by atoms with van der Waals surface area (Å²) < 4.78 is 0. The quantitative estimate of drug-likeness (QED) is 0.851. The standard InChI is InChI=1S/C10H14N2OS.ClH/c11-9(7-14-10(12)13)6-8-4-2-1-3-5-8;/h1-5,9H,6-7,11H2,(H2,12,13);1H. The van der Waals surface area contributed by atoms with Crippen molar-refractivity contribution < 1.29 is 4.79 Å². The van der Waals surface area contributed by atoms with Gasteiger partial charge in [-0.2, -0.15) is 0 Å². The molecule has 0 aliphatic carbocycles. The molecule has 5 heteroatoms. The monoisotopic (exact) mass is 246 g/mol. The van der Waals surface area contributed by atoms with Crippen molar-refractivity contribution >= 4 is 29.4 Å². The average Bonchev–Trinajstić information content (AvgIpc) is 2.16. The van der Waals surface area contributed by atoms with E-state index in [1.54, 1.807) is 0 Å². The van der Waals surface area contributed by atoms with Crippen LogP contribution in [-0.2, 0) is 6.42 Å². The van der Waals surface area contributed by atoms with Crippen molar-refractivity contribution in [2.45, 2.75) is 12.5 Å². The molecule has 3 nitrogen and oxygen atoms in total. The highest BCUT2D eigenvalue weighted by Gasteiger charge is 2.05. The molecule has 0 radical (unpaired) electrons. The Kier molecular flexibility index (Phi) is 7.21. The molecule has 1 aromatic carbocycles. The van der Waals surface area contributed by atoms with Gasteiger partial charge in [0, 0.05) is 11.8 Å². The van der Waals surface area contributed by atoms with Gasteiger partial charge in [-0.25, -0.2) is 0 Å². The van der Waals surface area contributed by atoms with Crippen molar-refractivity contribution in [3.05, 3.63) is 35.9 Å². The molecule has 84 valence electrons. The summed E-state index contributed by atoms with van der Waals surface area (Å²) in [4.78, 5) is 10.5. The Morgan fingerprint density at radius 2 is 1.93 bits per heavy atom. The van der Waals surface area contributed by atoms with E-state index < -0.39 is 0 Å². The van der Waals surface area contributed by atoms with Gasteiger partial charge in [0.2, 0.25) is 0 Å². The van der Waals surface area contributed by atoms with E-state index in [0.29, 0.717) is 5.75 Å². The third-order valence-corrected chi connectivity index (χ3v) is 2.66. The van der Waals surface area contributed by atoms with Crippen molar-refractivity contribution in [2.24, 2.45) is 11.5 Å². The van der Waals surface area contributed by atoms with E-state index in [1.165, 1.54) is 5.56 Å². The average molecular weight is 247 g/mol. The number of halogens is 1. The highest BCUT2D eigenvalue weighted by Crippen LogP contribution is 2.07. The van der Waals surface area contributed by atoms with E-state index in [4.69, 9.17) is 11.5 Å². The van der Waals surface area contributed by atoms with Crippen LogP contribution in [0.5, 0.6) is 0 Å². The summed E-state index contributed by atoms with van der Waals surface area (Å²) in [6, 6.07) is 9.94. The van der Waals surface area contributed by atoms with Gasteiger partial charge in [0.15, 0.2) is 0 Å². The maximum Gasteiger partial charge on any atom is 0.276 e. The molecular weight excluding hydrogens is 232 g/mol. The van der Waals surface area contributed by atoms with Gasteiger partial charge in [0.05, 0.1) is 0 Å². The molecule has 0 fully saturated rings. The van der Waals surface area contributed by atoms with Crippen molar-refractivity contribution in [2.75, 3.05) is 5.75 Å². The second-order valence-corrected chi connectivity index (χ2v) is 4.10. The number of carbonyl (C=O) groups excluding carboxylic acids is 1.